The Morgan fingerprint density at radius 3 is 2.58 bits per heavy atom. The van der Waals surface area contributed by atoms with Gasteiger partial charge in [-0.2, -0.15) is 5.10 Å². The standard InChI is InChI=1S/C18H14N4O4/c1-11(12-6-8-14(9-7-12)22(24)25)20-21-18(23)15-10-13-4-2-3-5-16(13)26-17(15)19/h2-10,19H,1H3,(H,21,23)/b19-17?,20-11-. The van der Waals surface area contributed by atoms with Crippen molar-refractivity contribution in [1.82, 2.24) is 5.43 Å². The molecule has 8 nitrogen and oxygen atoms in total. The zero-order chi connectivity index (χ0) is 18.7. The molecule has 3 aromatic rings. The molecule has 0 aliphatic heterocycles. The van der Waals surface area contributed by atoms with E-state index < -0.39 is 10.8 Å². The number of amides is 1. The third kappa shape index (κ3) is 3.48. The van der Waals surface area contributed by atoms with Crippen molar-refractivity contribution in [2.24, 2.45) is 5.10 Å². The topological polar surface area (TPSA) is 122 Å². The van der Waals surface area contributed by atoms with Crippen LogP contribution in [0.1, 0.15) is 22.8 Å². The number of benzene rings is 2. The molecule has 0 saturated carbocycles. The molecule has 3 rings (SSSR count). The monoisotopic (exact) mass is 350 g/mol. The molecule has 1 aromatic heterocycles. The van der Waals surface area contributed by atoms with Crippen molar-refractivity contribution < 1.29 is 14.1 Å². The van der Waals surface area contributed by atoms with Gasteiger partial charge in [-0.15, -0.1) is 0 Å². The molecular weight excluding hydrogens is 336 g/mol. The minimum absolute atomic E-state index is 0.0257. The molecule has 0 fully saturated rings. The fraction of sp³-hybridized carbons (Fsp3) is 0.0556. The molecule has 0 bridgehead atoms. The number of nitrogens with zero attached hydrogens (tertiary/aromatic N) is 2. The summed E-state index contributed by atoms with van der Waals surface area (Å²) in [4.78, 5) is 22.5. The average Bonchev–Trinajstić information content (AvgIpc) is 2.65. The molecule has 0 aliphatic rings. The highest BCUT2D eigenvalue weighted by atomic mass is 16.6. The van der Waals surface area contributed by atoms with Gasteiger partial charge in [0.05, 0.1) is 10.6 Å². The van der Waals surface area contributed by atoms with Gasteiger partial charge in [0.1, 0.15) is 11.1 Å². The minimum atomic E-state index is -0.578. The second-order valence-corrected chi connectivity index (χ2v) is 5.47. The summed E-state index contributed by atoms with van der Waals surface area (Å²) in [5, 5.41) is 23.2. The van der Waals surface area contributed by atoms with Crippen LogP contribution in [0.5, 0.6) is 0 Å². The van der Waals surface area contributed by atoms with E-state index in [4.69, 9.17) is 9.83 Å². The van der Waals surface area contributed by atoms with Gasteiger partial charge in [0, 0.05) is 17.5 Å². The van der Waals surface area contributed by atoms with Gasteiger partial charge in [-0.05, 0) is 36.8 Å². The van der Waals surface area contributed by atoms with Crippen molar-refractivity contribution >= 4 is 28.3 Å². The van der Waals surface area contributed by atoms with Crippen molar-refractivity contribution in [3.05, 3.63) is 81.4 Å². The van der Waals surface area contributed by atoms with E-state index in [0.29, 0.717) is 22.2 Å². The van der Waals surface area contributed by atoms with E-state index in [9.17, 15) is 14.9 Å². The third-order valence-corrected chi connectivity index (χ3v) is 3.74. The molecule has 0 spiro atoms. The van der Waals surface area contributed by atoms with Crippen LogP contribution in [-0.4, -0.2) is 16.5 Å². The molecule has 0 radical (unpaired) electrons. The number of para-hydroxylation sites is 1. The molecule has 0 atom stereocenters. The van der Waals surface area contributed by atoms with Gasteiger partial charge in [-0.1, -0.05) is 18.2 Å². The first kappa shape index (κ1) is 17.0. The molecule has 2 aromatic carbocycles. The first-order valence-corrected chi connectivity index (χ1v) is 7.62. The number of nitro groups is 1. The number of hydrogen-bond donors (Lipinski definition) is 2. The SMILES string of the molecule is C/C(=N/NC(=O)c1cc2ccccc2oc1=N)c1ccc([N+](=O)[O-])cc1. The highest BCUT2D eigenvalue weighted by molar-refractivity contribution is 6.01. The number of hydrazone groups is 1. The minimum Gasteiger partial charge on any atom is -0.438 e. The lowest BCUT2D eigenvalue weighted by Gasteiger charge is -2.04. The van der Waals surface area contributed by atoms with Crippen LogP contribution in [-0.2, 0) is 0 Å². The second kappa shape index (κ2) is 6.98. The quantitative estimate of drug-likeness (QED) is 0.427. The molecule has 1 heterocycles. The van der Waals surface area contributed by atoms with Gasteiger partial charge in [0.2, 0.25) is 5.55 Å². The molecule has 0 unspecified atom stereocenters. The van der Waals surface area contributed by atoms with Gasteiger partial charge in [0.25, 0.3) is 11.6 Å². The number of nitro benzene ring substituents is 1. The highest BCUT2D eigenvalue weighted by Gasteiger charge is 2.11. The molecule has 26 heavy (non-hydrogen) atoms. The van der Waals surface area contributed by atoms with Gasteiger partial charge >= 0.3 is 0 Å². The summed E-state index contributed by atoms with van der Waals surface area (Å²) in [5.74, 6) is -0.578. The summed E-state index contributed by atoms with van der Waals surface area (Å²) in [5.41, 5.74) is 3.76. The predicted octanol–water partition coefficient (Wildman–Crippen LogP) is 2.97. The van der Waals surface area contributed by atoms with Crippen LogP contribution in [0.2, 0.25) is 0 Å². The normalized spacial score (nSPS) is 11.3. The summed E-state index contributed by atoms with van der Waals surface area (Å²) in [6.07, 6.45) is 0. The Morgan fingerprint density at radius 2 is 1.88 bits per heavy atom. The largest absolute Gasteiger partial charge is 0.438 e. The molecule has 0 aliphatic carbocycles. The summed E-state index contributed by atoms with van der Waals surface area (Å²) < 4.78 is 5.33. The van der Waals surface area contributed by atoms with E-state index in [0.717, 1.165) is 0 Å². The van der Waals surface area contributed by atoms with Crippen molar-refractivity contribution in [2.75, 3.05) is 0 Å². The Morgan fingerprint density at radius 1 is 1.19 bits per heavy atom. The number of carbonyl (C=O) groups excluding carboxylic acids is 1. The van der Waals surface area contributed by atoms with Gasteiger partial charge in [-0.25, -0.2) is 5.43 Å². The fourth-order valence-electron chi connectivity index (χ4n) is 2.33. The van der Waals surface area contributed by atoms with E-state index in [2.05, 4.69) is 10.5 Å². The average molecular weight is 350 g/mol. The van der Waals surface area contributed by atoms with Gasteiger partial charge in [0.15, 0.2) is 0 Å². The van der Waals surface area contributed by atoms with Crippen LogP contribution >= 0.6 is 0 Å². The van der Waals surface area contributed by atoms with Crippen LogP contribution in [0.25, 0.3) is 11.0 Å². The molecule has 8 heteroatoms. The van der Waals surface area contributed by atoms with Crippen LogP contribution in [0.4, 0.5) is 5.69 Å². The maximum atomic E-state index is 12.3. The maximum absolute atomic E-state index is 12.3. The fourth-order valence-corrected chi connectivity index (χ4v) is 2.33. The van der Waals surface area contributed by atoms with Crippen LogP contribution < -0.4 is 11.0 Å². The lowest BCUT2D eigenvalue weighted by atomic mass is 10.1. The van der Waals surface area contributed by atoms with E-state index in [-0.39, 0.29) is 16.8 Å². The molecule has 2 N–H and O–H groups in total. The Balaban J connectivity index is 1.81. The zero-order valence-electron chi connectivity index (χ0n) is 13.7. The number of fused-ring (bicyclic) bond motifs is 1. The molecule has 130 valence electrons. The number of non-ortho nitro benzene ring substituents is 1. The predicted molar refractivity (Wildman–Crippen MR) is 94.8 cm³/mol. The Bertz CT molecular complexity index is 1080. The zero-order valence-corrected chi connectivity index (χ0v) is 13.7. The van der Waals surface area contributed by atoms with E-state index in [1.165, 1.54) is 12.1 Å². The first-order chi connectivity index (χ1) is 12.5. The lowest BCUT2D eigenvalue weighted by Crippen LogP contribution is -2.25. The van der Waals surface area contributed by atoms with Crippen LogP contribution in [0.3, 0.4) is 0 Å². The van der Waals surface area contributed by atoms with Gasteiger partial charge in [-0.3, -0.25) is 20.3 Å². The van der Waals surface area contributed by atoms with Crippen molar-refractivity contribution in [3.8, 4) is 0 Å². The van der Waals surface area contributed by atoms with E-state index in [1.54, 1.807) is 49.4 Å². The van der Waals surface area contributed by atoms with Gasteiger partial charge < -0.3 is 4.42 Å². The van der Waals surface area contributed by atoms with E-state index >= 15 is 0 Å². The summed E-state index contributed by atoms with van der Waals surface area (Å²) in [7, 11) is 0. The first-order valence-electron chi connectivity index (χ1n) is 7.62. The molecule has 0 saturated heterocycles. The number of carbonyl (C=O) groups is 1. The second-order valence-electron chi connectivity index (χ2n) is 5.47. The smallest absolute Gasteiger partial charge is 0.276 e. The Kier molecular flexibility index (Phi) is 4.57. The highest BCUT2D eigenvalue weighted by Crippen LogP contribution is 2.13. The van der Waals surface area contributed by atoms with Crippen LogP contribution in [0.15, 0.2) is 64.1 Å². The van der Waals surface area contributed by atoms with Crippen molar-refractivity contribution in [2.45, 2.75) is 6.92 Å². The Hall–Kier alpha value is -3.81. The van der Waals surface area contributed by atoms with Crippen LogP contribution in [0, 0.1) is 15.5 Å². The van der Waals surface area contributed by atoms with E-state index in [1.807, 2.05) is 0 Å². The lowest BCUT2D eigenvalue weighted by molar-refractivity contribution is -0.384. The molecule has 1 amide bonds. The summed E-state index contributed by atoms with van der Waals surface area (Å²) in [6, 6.07) is 14.5. The summed E-state index contributed by atoms with van der Waals surface area (Å²) >= 11 is 0. The third-order valence-electron chi connectivity index (χ3n) is 3.74. The Labute approximate surface area is 147 Å². The number of nitrogens with one attached hydrogen (secondary N) is 2. The van der Waals surface area contributed by atoms with Crippen molar-refractivity contribution in [1.29, 1.82) is 5.41 Å². The molecular formula is C18H14N4O4. The summed E-state index contributed by atoms with van der Waals surface area (Å²) in [6.45, 7) is 1.66. The van der Waals surface area contributed by atoms with Crippen molar-refractivity contribution in [3.63, 3.8) is 0 Å². The maximum Gasteiger partial charge on any atom is 0.276 e. The number of rotatable bonds is 4. The number of hydrogen-bond acceptors (Lipinski definition) is 6.